The maximum atomic E-state index is 13.8. The number of alkyl halides is 6. The first-order chi connectivity index (χ1) is 19.7. The Bertz CT molecular complexity index is 1220. The van der Waals surface area contributed by atoms with E-state index in [2.05, 4.69) is 4.90 Å². The monoisotopic (exact) mass is 603 g/mol. The van der Waals surface area contributed by atoms with Crippen molar-refractivity contribution in [3.8, 4) is 0 Å². The Balaban J connectivity index is 1.38. The predicted molar refractivity (Wildman–Crippen MR) is 137 cm³/mol. The van der Waals surface area contributed by atoms with Crippen molar-refractivity contribution in [1.29, 1.82) is 0 Å². The van der Waals surface area contributed by atoms with Gasteiger partial charge in [-0.2, -0.15) is 26.3 Å². The number of Topliss-reactive ketones (excluding diaryl/α,β-unsaturated/α-hetero) is 1. The molecule has 3 fully saturated rings. The van der Waals surface area contributed by atoms with E-state index in [-0.39, 0.29) is 36.5 Å². The number of hydrogen-bond donors (Lipinski definition) is 0. The topological polar surface area (TPSA) is 48.0 Å². The van der Waals surface area contributed by atoms with Gasteiger partial charge in [0.05, 0.1) is 35.9 Å². The van der Waals surface area contributed by atoms with Crippen LogP contribution in [0.3, 0.4) is 0 Å². The molecule has 0 bridgehead atoms. The Hall–Kier alpha value is -2.54. The average Bonchev–Trinajstić information content (AvgIpc) is 3.28. The molecule has 5 rings (SSSR count). The minimum Gasteiger partial charge on any atom is -0.373 e. The van der Waals surface area contributed by atoms with Crippen LogP contribution in [-0.2, 0) is 31.4 Å². The minimum atomic E-state index is -4.99. The molecule has 0 saturated carbocycles. The van der Waals surface area contributed by atoms with Crippen LogP contribution in [0.15, 0.2) is 42.5 Å². The standard InChI is InChI=1S/C30H32F7NO4/c1-18(21-12-22(29(32,33)34)14-23(13-21)30(35,36)37)42-27-26(19-2-4-24(31)5-3-19)20(6-11-41-27)15-38-9-7-28(8-10-38)17-40-16-25(28)39/h2-5,12-14,18,20,26-27H,6-11,15-17H2,1H3/t18-,20+,26+,27-/m1/s1. The fraction of sp³-hybridized carbons (Fsp3) is 0.567. The van der Waals surface area contributed by atoms with E-state index in [1.54, 1.807) is 12.1 Å². The van der Waals surface area contributed by atoms with Gasteiger partial charge in [0.25, 0.3) is 0 Å². The molecule has 3 aliphatic heterocycles. The molecular weight excluding hydrogens is 571 g/mol. The first-order valence-corrected chi connectivity index (χ1v) is 13.9. The number of ketones is 1. The highest BCUT2D eigenvalue weighted by atomic mass is 19.4. The lowest BCUT2D eigenvalue weighted by molar-refractivity contribution is -0.210. The van der Waals surface area contributed by atoms with Crippen LogP contribution in [0, 0.1) is 17.2 Å². The molecule has 0 aliphatic carbocycles. The molecule has 0 aromatic heterocycles. The summed E-state index contributed by atoms with van der Waals surface area (Å²) in [5.41, 5.74) is -2.88. The number of carbonyl (C=O) groups is 1. The van der Waals surface area contributed by atoms with E-state index in [4.69, 9.17) is 14.2 Å². The van der Waals surface area contributed by atoms with Gasteiger partial charge in [-0.1, -0.05) is 12.1 Å². The van der Waals surface area contributed by atoms with Crippen LogP contribution in [0.25, 0.3) is 0 Å². The smallest absolute Gasteiger partial charge is 0.373 e. The number of likely N-dealkylation sites (tertiary alicyclic amines) is 1. The molecule has 42 heavy (non-hydrogen) atoms. The van der Waals surface area contributed by atoms with Gasteiger partial charge >= 0.3 is 12.4 Å². The van der Waals surface area contributed by atoms with Gasteiger partial charge in [0.1, 0.15) is 12.4 Å². The maximum Gasteiger partial charge on any atom is 0.416 e. The third-order valence-corrected chi connectivity index (χ3v) is 8.75. The Kier molecular flexibility index (Phi) is 8.73. The van der Waals surface area contributed by atoms with E-state index < -0.39 is 53.0 Å². The number of piperidine rings is 1. The predicted octanol–water partition coefficient (Wildman–Crippen LogP) is 6.77. The molecule has 230 valence electrons. The first-order valence-electron chi connectivity index (χ1n) is 13.9. The third kappa shape index (κ3) is 6.66. The quantitative estimate of drug-likeness (QED) is 0.341. The summed E-state index contributed by atoms with van der Waals surface area (Å²) >= 11 is 0. The van der Waals surface area contributed by atoms with Crippen LogP contribution in [0.4, 0.5) is 30.7 Å². The van der Waals surface area contributed by atoms with Crippen molar-refractivity contribution in [2.45, 2.75) is 56.9 Å². The van der Waals surface area contributed by atoms with E-state index in [1.165, 1.54) is 19.1 Å². The highest BCUT2D eigenvalue weighted by Gasteiger charge is 2.46. The molecular formula is C30H32F7NO4. The number of halogens is 7. The summed E-state index contributed by atoms with van der Waals surface area (Å²) in [7, 11) is 0. The first kappa shape index (κ1) is 30.9. The molecule has 4 atom stereocenters. The lowest BCUT2D eigenvalue weighted by Crippen LogP contribution is -2.48. The molecule has 12 heteroatoms. The zero-order valence-corrected chi connectivity index (χ0v) is 22.9. The summed E-state index contributed by atoms with van der Waals surface area (Å²) in [5.74, 6) is -0.866. The molecule has 0 unspecified atom stereocenters. The number of hydrogen-bond acceptors (Lipinski definition) is 5. The van der Waals surface area contributed by atoms with Gasteiger partial charge in [0.15, 0.2) is 12.1 Å². The second-order valence-electron chi connectivity index (χ2n) is 11.5. The van der Waals surface area contributed by atoms with Crippen molar-refractivity contribution < 1.29 is 49.7 Å². The van der Waals surface area contributed by atoms with Crippen LogP contribution in [0.1, 0.15) is 60.5 Å². The summed E-state index contributed by atoms with van der Waals surface area (Å²) in [6, 6.07) is 7.16. The van der Waals surface area contributed by atoms with Crippen LogP contribution in [0.5, 0.6) is 0 Å². The number of ether oxygens (including phenoxy) is 3. The largest absolute Gasteiger partial charge is 0.416 e. The van der Waals surface area contributed by atoms with Gasteiger partial charge in [-0.25, -0.2) is 4.39 Å². The van der Waals surface area contributed by atoms with E-state index in [9.17, 15) is 35.5 Å². The fourth-order valence-corrected chi connectivity index (χ4v) is 6.27. The Labute approximate surface area is 238 Å². The van der Waals surface area contributed by atoms with Gasteiger partial charge in [-0.05, 0) is 86.7 Å². The molecule has 1 spiro atoms. The summed E-state index contributed by atoms with van der Waals surface area (Å²) in [4.78, 5) is 14.6. The molecule has 3 heterocycles. The molecule has 3 saturated heterocycles. The second-order valence-corrected chi connectivity index (χ2v) is 11.5. The molecule has 0 radical (unpaired) electrons. The summed E-state index contributed by atoms with van der Waals surface area (Å²) < 4.78 is 112. The van der Waals surface area contributed by atoms with Crippen LogP contribution < -0.4 is 0 Å². The van der Waals surface area contributed by atoms with Gasteiger partial charge in [-0.15, -0.1) is 0 Å². The van der Waals surface area contributed by atoms with Gasteiger partial charge < -0.3 is 19.1 Å². The zero-order chi connectivity index (χ0) is 30.3. The van der Waals surface area contributed by atoms with E-state index in [1.807, 2.05) is 0 Å². The molecule has 3 aliphatic rings. The van der Waals surface area contributed by atoms with E-state index >= 15 is 0 Å². The Morgan fingerprint density at radius 2 is 1.62 bits per heavy atom. The van der Waals surface area contributed by atoms with Crippen molar-refractivity contribution in [3.63, 3.8) is 0 Å². The molecule has 2 aromatic carbocycles. The van der Waals surface area contributed by atoms with Crippen molar-refractivity contribution in [1.82, 2.24) is 4.90 Å². The van der Waals surface area contributed by atoms with E-state index in [0.717, 1.165) is 0 Å². The Morgan fingerprint density at radius 3 is 2.17 bits per heavy atom. The van der Waals surface area contributed by atoms with E-state index in [0.29, 0.717) is 63.2 Å². The van der Waals surface area contributed by atoms with Crippen molar-refractivity contribution in [3.05, 3.63) is 70.5 Å². The minimum absolute atomic E-state index is 0.0711. The summed E-state index contributed by atoms with van der Waals surface area (Å²) in [5, 5.41) is 0. The molecule has 0 amide bonds. The molecule has 0 N–H and O–H groups in total. The molecule has 2 aromatic rings. The lowest BCUT2D eigenvalue weighted by Gasteiger charge is -2.43. The number of nitrogens with zero attached hydrogens (tertiary/aromatic N) is 1. The maximum absolute atomic E-state index is 13.8. The summed E-state index contributed by atoms with van der Waals surface area (Å²) in [6.07, 6.45) is -10.2. The fourth-order valence-electron chi connectivity index (χ4n) is 6.27. The zero-order valence-electron chi connectivity index (χ0n) is 22.9. The van der Waals surface area contributed by atoms with Crippen molar-refractivity contribution in [2.24, 2.45) is 11.3 Å². The van der Waals surface area contributed by atoms with Gasteiger partial charge in [-0.3, -0.25) is 4.79 Å². The van der Waals surface area contributed by atoms with Crippen molar-refractivity contribution in [2.75, 3.05) is 39.5 Å². The normalized spacial score (nSPS) is 26.1. The van der Waals surface area contributed by atoms with Crippen molar-refractivity contribution >= 4 is 5.78 Å². The SMILES string of the molecule is C[C@@H](O[C@H]1OCC[C@@H](CN2CCC3(CC2)COCC3=O)[C@@H]1c1ccc(F)cc1)c1cc(C(F)(F)F)cc(C(F)(F)F)c1. The highest BCUT2D eigenvalue weighted by Crippen LogP contribution is 2.43. The number of benzene rings is 2. The lowest BCUT2D eigenvalue weighted by atomic mass is 9.76. The Morgan fingerprint density at radius 1 is 1.00 bits per heavy atom. The third-order valence-electron chi connectivity index (χ3n) is 8.75. The van der Waals surface area contributed by atoms with Crippen LogP contribution >= 0.6 is 0 Å². The highest BCUT2D eigenvalue weighted by molar-refractivity contribution is 5.87. The summed E-state index contributed by atoms with van der Waals surface area (Å²) in [6.45, 7) is 4.17. The second kappa shape index (κ2) is 11.9. The number of carbonyl (C=O) groups excluding carboxylic acids is 1. The van der Waals surface area contributed by atoms with Gasteiger partial charge in [0, 0.05) is 12.5 Å². The molecule has 5 nitrogen and oxygen atoms in total. The number of rotatable bonds is 6. The average molecular weight is 604 g/mol. The van der Waals surface area contributed by atoms with Gasteiger partial charge in [0.2, 0.25) is 0 Å². The van der Waals surface area contributed by atoms with Crippen LogP contribution in [0.2, 0.25) is 0 Å². The van der Waals surface area contributed by atoms with Crippen LogP contribution in [-0.4, -0.2) is 56.4 Å².